The molecule has 2 aliphatic rings. The molecule has 0 bridgehead atoms. The number of aryl methyl sites for hydroxylation is 1. The zero-order valence-corrected chi connectivity index (χ0v) is 31.3. The van der Waals surface area contributed by atoms with Crippen molar-refractivity contribution in [3.63, 3.8) is 0 Å². The number of benzene rings is 8. The molecule has 0 unspecified atom stereocenters. The lowest BCUT2D eigenvalue weighted by atomic mass is 9.67. The van der Waals surface area contributed by atoms with Gasteiger partial charge in [0.25, 0.3) is 0 Å². The van der Waals surface area contributed by atoms with Gasteiger partial charge in [0, 0.05) is 51.3 Å². The van der Waals surface area contributed by atoms with E-state index in [0.29, 0.717) is 0 Å². The van der Waals surface area contributed by atoms with Crippen LogP contribution in [-0.2, 0) is 17.9 Å². The molecule has 0 aliphatic heterocycles. The number of para-hydroxylation sites is 1. The molecule has 1 heterocycles. The first-order valence-electron chi connectivity index (χ1n) is 19.3. The average Bonchev–Trinajstić information content (AvgIpc) is 3.79. The molecule has 0 fully saturated rings. The third kappa shape index (κ3) is 4.37. The molecule has 0 saturated carbocycles. The smallest absolute Gasteiger partial charge is 0.0714 e. The van der Waals surface area contributed by atoms with Crippen LogP contribution in [0.4, 0.5) is 17.1 Å². The van der Waals surface area contributed by atoms with Crippen molar-refractivity contribution in [3.05, 3.63) is 221 Å². The van der Waals surface area contributed by atoms with E-state index < -0.39 is 5.41 Å². The number of hydrogen-bond donors (Lipinski definition) is 0. The van der Waals surface area contributed by atoms with E-state index in [1.165, 1.54) is 77.4 Å². The van der Waals surface area contributed by atoms with Crippen LogP contribution in [0.1, 0.15) is 47.2 Å². The third-order valence-corrected chi connectivity index (χ3v) is 12.7. The van der Waals surface area contributed by atoms with E-state index >= 15 is 0 Å². The topological polar surface area (TPSA) is 8.17 Å². The number of hydrogen-bond acceptors (Lipinski definition) is 1. The molecule has 2 nitrogen and oxygen atoms in total. The van der Waals surface area contributed by atoms with Gasteiger partial charge in [-0.3, -0.25) is 0 Å². The molecule has 2 aliphatic carbocycles. The summed E-state index contributed by atoms with van der Waals surface area (Å²) in [6, 6.07) is 70.2. The zero-order chi connectivity index (χ0) is 36.9. The van der Waals surface area contributed by atoms with Crippen LogP contribution in [-0.4, -0.2) is 4.57 Å². The molecular weight excluding hydrogens is 665 g/mol. The summed E-state index contributed by atoms with van der Waals surface area (Å²) in [6.07, 6.45) is 0. The fourth-order valence-electron chi connectivity index (χ4n) is 10.1. The highest BCUT2D eigenvalue weighted by Crippen LogP contribution is 2.58. The molecule has 55 heavy (non-hydrogen) atoms. The Bertz CT molecular complexity index is 2930. The van der Waals surface area contributed by atoms with Crippen molar-refractivity contribution in [2.75, 3.05) is 4.90 Å². The van der Waals surface area contributed by atoms with Gasteiger partial charge in [-0.15, -0.1) is 0 Å². The van der Waals surface area contributed by atoms with E-state index in [1.807, 2.05) is 0 Å². The standard InChI is InChI=1S/C53H40N2/c1-52(2)46-23-13-10-20-40(46)42-29-26-38(33-48(42)52)55(37-28-31-51-45(32-37)44-22-12-15-25-50(44)54(51)3)39-27-30-43-41-21-11-14-24-47(41)53(49(43)34-39,35-16-6-4-7-17-35)36-18-8-5-9-19-36/h4-34H,1-3H3. The van der Waals surface area contributed by atoms with E-state index in [4.69, 9.17) is 0 Å². The molecule has 0 amide bonds. The number of nitrogens with zero attached hydrogens (tertiary/aromatic N) is 2. The van der Waals surface area contributed by atoms with E-state index in [9.17, 15) is 0 Å². The predicted octanol–water partition coefficient (Wildman–Crippen LogP) is 13.5. The summed E-state index contributed by atoms with van der Waals surface area (Å²) in [4.78, 5) is 2.49. The minimum atomic E-state index is -0.489. The third-order valence-electron chi connectivity index (χ3n) is 12.7. The maximum absolute atomic E-state index is 2.49. The number of rotatable bonds is 5. The normalized spacial score (nSPS) is 14.4. The highest BCUT2D eigenvalue weighted by Gasteiger charge is 2.46. The van der Waals surface area contributed by atoms with Crippen molar-refractivity contribution in [2.45, 2.75) is 24.7 Å². The first-order valence-corrected chi connectivity index (χ1v) is 19.3. The van der Waals surface area contributed by atoms with Crippen LogP contribution in [0.5, 0.6) is 0 Å². The Kier molecular flexibility index (Phi) is 6.76. The first-order chi connectivity index (χ1) is 27.0. The van der Waals surface area contributed by atoms with Crippen LogP contribution in [0, 0.1) is 0 Å². The van der Waals surface area contributed by atoms with Gasteiger partial charge in [-0.2, -0.15) is 0 Å². The van der Waals surface area contributed by atoms with Crippen LogP contribution in [0.15, 0.2) is 188 Å². The summed E-state index contributed by atoms with van der Waals surface area (Å²) in [6.45, 7) is 4.74. The Morgan fingerprint density at radius 1 is 0.382 bits per heavy atom. The Morgan fingerprint density at radius 2 is 0.855 bits per heavy atom. The van der Waals surface area contributed by atoms with Crippen molar-refractivity contribution in [2.24, 2.45) is 7.05 Å². The van der Waals surface area contributed by atoms with Crippen LogP contribution >= 0.6 is 0 Å². The highest BCUT2D eigenvalue weighted by atomic mass is 15.1. The monoisotopic (exact) mass is 704 g/mol. The van der Waals surface area contributed by atoms with Crippen molar-refractivity contribution in [1.29, 1.82) is 0 Å². The molecular formula is C53H40N2. The molecule has 0 radical (unpaired) electrons. The van der Waals surface area contributed by atoms with E-state index in [-0.39, 0.29) is 5.41 Å². The second kappa shape index (κ2) is 11.7. The molecule has 0 saturated heterocycles. The van der Waals surface area contributed by atoms with Gasteiger partial charge in [0.05, 0.1) is 5.41 Å². The Hall–Kier alpha value is -6.64. The average molecular weight is 705 g/mol. The van der Waals surface area contributed by atoms with E-state index in [0.717, 1.165) is 17.1 Å². The molecule has 262 valence electrons. The summed E-state index contributed by atoms with van der Waals surface area (Å²) < 4.78 is 2.31. The van der Waals surface area contributed by atoms with Crippen LogP contribution < -0.4 is 4.90 Å². The predicted molar refractivity (Wildman–Crippen MR) is 230 cm³/mol. The largest absolute Gasteiger partial charge is 0.344 e. The summed E-state index contributed by atoms with van der Waals surface area (Å²) in [5.74, 6) is 0. The molecule has 1 aromatic heterocycles. The van der Waals surface area contributed by atoms with Gasteiger partial charge in [-0.25, -0.2) is 0 Å². The fourth-order valence-corrected chi connectivity index (χ4v) is 10.1. The zero-order valence-electron chi connectivity index (χ0n) is 31.3. The van der Waals surface area contributed by atoms with Crippen LogP contribution in [0.25, 0.3) is 44.1 Å². The molecule has 0 atom stereocenters. The lowest BCUT2D eigenvalue weighted by Gasteiger charge is -2.35. The molecule has 9 aromatic rings. The molecule has 2 heteroatoms. The SMILES string of the molecule is Cn1c2ccccc2c2cc(N(c3ccc4c(c3)C(C)(C)c3ccccc3-4)c3ccc4c(c3)C(c3ccccc3)(c3ccccc3)c3ccccc3-4)ccc21. The van der Waals surface area contributed by atoms with Crippen LogP contribution in [0.2, 0.25) is 0 Å². The molecule has 11 rings (SSSR count). The molecule has 8 aromatic carbocycles. The summed E-state index contributed by atoms with van der Waals surface area (Å²) in [5, 5.41) is 2.52. The quantitative estimate of drug-likeness (QED) is 0.173. The van der Waals surface area contributed by atoms with Gasteiger partial charge < -0.3 is 9.47 Å². The van der Waals surface area contributed by atoms with Crippen molar-refractivity contribution >= 4 is 38.9 Å². The maximum Gasteiger partial charge on any atom is 0.0714 e. The Morgan fingerprint density at radius 3 is 1.55 bits per heavy atom. The number of anilines is 3. The fraction of sp³-hybridized carbons (Fsp3) is 0.0943. The van der Waals surface area contributed by atoms with Gasteiger partial charge in [-0.1, -0.05) is 153 Å². The van der Waals surface area contributed by atoms with Gasteiger partial charge >= 0.3 is 0 Å². The Labute approximate surface area is 322 Å². The lowest BCUT2D eigenvalue weighted by Crippen LogP contribution is -2.28. The van der Waals surface area contributed by atoms with Gasteiger partial charge in [-0.05, 0) is 104 Å². The highest BCUT2D eigenvalue weighted by molar-refractivity contribution is 6.09. The van der Waals surface area contributed by atoms with Crippen molar-refractivity contribution in [3.8, 4) is 22.3 Å². The molecule has 0 N–H and O–H groups in total. The second-order valence-corrected chi connectivity index (χ2v) is 15.8. The first kappa shape index (κ1) is 31.8. The van der Waals surface area contributed by atoms with Crippen LogP contribution in [0.3, 0.4) is 0 Å². The second-order valence-electron chi connectivity index (χ2n) is 15.8. The summed E-state index contributed by atoms with van der Waals surface area (Å²) in [5.41, 5.74) is 18.4. The Balaban J connectivity index is 1.20. The maximum atomic E-state index is 2.49. The minimum absolute atomic E-state index is 0.122. The van der Waals surface area contributed by atoms with E-state index in [2.05, 4.69) is 218 Å². The minimum Gasteiger partial charge on any atom is -0.344 e. The summed E-state index contributed by atoms with van der Waals surface area (Å²) in [7, 11) is 2.17. The van der Waals surface area contributed by atoms with Gasteiger partial charge in [0.15, 0.2) is 0 Å². The van der Waals surface area contributed by atoms with E-state index in [1.54, 1.807) is 0 Å². The van der Waals surface area contributed by atoms with Gasteiger partial charge in [0.2, 0.25) is 0 Å². The number of aromatic nitrogens is 1. The summed E-state index contributed by atoms with van der Waals surface area (Å²) >= 11 is 0. The van der Waals surface area contributed by atoms with Crippen molar-refractivity contribution in [1.82, 2.24) is 4.57 Å². The van der Waals surface area contributed by atoms with Crippen molar-refractivity contribution < 1.29 is 0 Å². The van der Waals surface area contributed by atoms with Gasteiger partial charge in [0.1, 0.15) is 0 Å². The number of fused-ring (bicyclic) bond motifs is 9. The lowest BCUT2D eigenvalue weighted by molar-refractivity contribution is 0.660. The molecule has 0 spiro atoms.